The van der Waals surface area contributed by atoms with Gasteiger partial charge in [-0.05, 0) is 75.7 Å². The first-order valence-corrected chi connectivity index (χ1v) is 13.2. The van der Waals surface area contributed by atoms with E-state index >= 15 is 0 Å². The number of aryl methyl sites for hydroxylation is 1. The number of benzene rings is 3. The Bertz CT molecular complexity index is 1660. The van der Waals surface area contributed by atoms with Crippen molar-refractivity contribution in [3.05, 3.63) is 95.6 Å². The van der Waals surface area contributed by atoms with Crippen LogP contribution in [0, 0.1) is 24.1 Å². The summed E-state index contributed by atoms with van der Waals surface area (Å²) < 4.78 is 43.8. The van der Waals surface area contributed by atoms with Crippen LogP contribution in [0.5, 0.6) is 0 Å². The molecular formula is C28H26FN5O3S. The van der Waals surface area contributed by atoms with E-state index in [0.29, 0.717) is 28.2 Å². The first-order valence-electron chi connectivity index (χ1n) is 11.7. The van der Waals surface area contributed by atoms with Crippen LogP contribution in [-0.4, -0.2) is 29.6 Å². The Morgan fingerprint density at radius 3 is 2.37 bits per heavy atom. The summed E-state index contributed by atoms with van der Waals surface area (Å²) in [5.41, 5.74) is 2.01. The van der Waals surface area contributed by atoms with Gasteiger partial charge in [-0.2, -0.15) is 10.4 Å². The van der Waals surface area contributed by atoms with Gasteiger partial charge in [0.2, 0.25) is 10.0 Å². The number of hydrogen-bond acceptors (Lipinski definition) is 5. The SMILES string of the molecule is Cc1cc(C(=O)Nc2ccc(-c3ccccc3S(=O)(=O)NC(C)(C)C)cc2)n(-c2ccc(F)c(C#N)c2)n1. The van der Waals surface area contributed by atoms with Crippen molar-refractivity contribution in [1.29, 1.82) is 5.26 Å². The molecule has 0 atom stereocenters. The van der Waals surface area contributed by atoms with E-state index in [1.165, 1.54) is 16.8 Å². The Kier molecular flexibility index (Phi) is 7.18. The van der Waals surface area contributed by atoms with Crippen molar-refractivity contribution in [3.63, 3.8) is 0 Å². The van der Waals surface area contributed by atoms with E-state index in [1.54, 1.807) is 88.4 Å². The Morgan fingerprint density at radius 2 is 1.71 bits per heavy atom. The Hall–Kier alpha value is -4.33. The molecule has 0 aliphatic carbocycles. The van der Waals surface area contributed by atoms with E-state index < -0.39 is 27.3 Å². The third kappa shape index (κ3) is 5.80. The minimum atomic E-state index is -3.77. The predicted octanol–water partition coefficient (Wildman–Crippen LogP) is 5.19. The monoisotopic (exact) mass is 531 g/mol. The molecule has 0 spiro atoms. The average molecular weight is 532 g/mol. The van der Waals surface area contributed by atoms with Gasteiger partial charge in [-0.15, -0.1) is 0 Å². The van der Waals surface area contributed by atoms with Gasteiger partial charge in [-0.3, -0.25) is 4.79 Å². The zero-order valence-corrected chi connectivity index (χ0v) is 22.1. The van der Waals surface area contributed by atoms with E-state index in [1.807, 2.05) is 0 Å². The van der Waals surface area contributed by atoms with E-state index in [-0.39, 0.29) is 16.2 Å². The molecule has 10 heteroatoms. The molecule has 0 saturated carbocycles. The summed E-state index contributed by atoms with van der Waals surface area (Å²) in [5, 5.41) is 16.3. The first kappa shape index (κ1) is 26.7. The minimum absolute atomic E-state index is 0.155. The van der Waals surface area contributed by atoms with Crippen LogP contribution >= 0.6 is 0 Å². The van der Waals surface area contributed by atoms with Crippen molar-refractivity contribution in [3.8, 4) is 22.9 Å². The molecule has 1 amide bonds. The number of hydrogen-bond donors (Lipinski definition) is 2. The van der Waals surface area contributed by atoms with Crippen LogP contribution in [0.2, 0.25) is 0 Å². The van der Waals surface area contributed by atoms with Gasteiger partial charge < -0.3 is 5.32 Å². The number of nitrogens with zero attached hydrogens (tertiary/aromatic N) is 3. The van der Waals surface area contributed by atoms with Gasteiger partial charge >= 0.3 is 0 Å². The maximum Gasteiger partial charge on any atom is 0.274 e. The number of aromatic nitrogens is 2. The van der Waals surface area contributed by atoms with Gasteiger partial charge in [-0.1, -0.05) is 30.3 Å². The van der Waals surface area contributed by atoms with E-state index in [0.717, 1.165) is 6.07 Å². The number of anilines is 1. The Morgan fingerprint density at radius 1 is 1.03 bits per heavy atom. The van der Waals surface area contributed by atoms with Crippen LogP contribution in [-0.2, 0) is 10.0 Å². The molecule has 4 aromatic rings. The second-order valence-corrected chi connectivity index (χ2v) is 11.4. The zero-order chi connectivity index (χ0) is 27.7. The number of sulfonamides is 1. The maximum atomic E-state index is 13.8. The van der Waals surface area contributed by atoms with Gasteiger partial charge in [0.25, 0.3) is 5.91 Å². The van der Waals surface area contributed by atoms with Crippen LogP contribution in [0.3, 0.4) is 0 Å². The average Bonchev–Trinajstić information content (AvgIpc) is 3.25. The second-order valence-electron chi connectivity index (χ2n) is 9.74. The molecule has 4 rings (SSSR count). The van der Waals surface area contributed by atoms with Crippen molar-refractivity contribution in [1.82, 2.24) is 14.5 Å². The van der Waals surface area contributed by atoms with Crippen LogP contribution < -0.4 is 10.0 Å². The molecule has 1 heterocycles. The minimum Gasteiger partial charge on any atom is -0.321 e. The van der Waals surface area contributed by atoms with Crippen molar-refractivity contribution in [2.45, 2.75) is 38.1 Å². The van der Waals surface area contributed by atoms with Gasteiger partial charge in [-0.25, -0.2) is 22.2 Å². The molecule has 0 aliphatic rings. The lowest BCUT2D eigenvalue weighted by Gasteiger charge is -2.21. The smallest absolute Gasteiger partial charge is 0.274 e. The fraction of sp³-hybridized carbons (Fsp3) is 0.179. The summed E-state index contributed by atoms with van der Waals surface area (Å²) in [6.07, 6.45) is 0. The third-order valence-electron chi connectivity index (χ3n) is 5.45. The summed E-state index contributed by atoms with van der Waals surface area (Å²) in [4.78, 5) is 13.3. The molecule has 1 aromatic heterocycles. The fourth-order valence-corrected chi connectivity index (χ4v) is 5.56. The fourth-order valence-electron chi connectivity index (χ4n) is 3.91. The molecule has 0 unspecified atom stereocenters. The van der Waals surface area contributed by atoms with Crippen LogP contribution in [0.4, 0.5) is 10.1 Å². The molecule has 0 aliphatic heterocycles. The van der Waals surface area contributed by atoms with Crippen LogP contribution in [0.25, 0.3) is 16.8 Å². The number of nitriles is 1. The number of halogens is 1. The summed E-state index contributed by atoms with van der Waals surface area (Å²) in [6.45, 7) is 7.04. The quantitative estimate of drug-likeness (QED) is 0.355. The number of nitrogens with one attached hydrogen (secondary N) is 2. The highest BCUT2D eigenvalue weighted by Crippen LogP contribution is 2.29. The summed E-state index contributed by atoms with van der Waals surface area (Å²) in [7, 11) is -3.77. The number of amides is 1. The highest BCUT2D eigenvalue weighted by molar-refractivity contribution is 7.89. The van der Waals surface area contributed by atoms with Crippen molar-refractivity contribution >= 4 is 21.6 Å². The van der Waals surface area contributed by atoms with Gasteiger partial charge in [0.15, 0.2) is 0 Å². The second kappa shape index (κ2) is 10.2. The topological polar surface area (TPSA) is 117 Å². The molecule has 2 N–H and O–H groups in total. The van der Waals surface area contributed by atoms with Gasteiger partial charge in [0.05, 0.1) is 21.8 Å². The lowest BCUT2D eigenvalue weighted by Crippen LogP contribution is -2.40. The largest absolute Gasteiger partial charge is 0.321 e. The molecule has 0 bridgehead atoms. The molecule has 8 nitrogen and oxygen atoms in total. The lowest BCUT2D eigenvalue weighted by atomic mass is 10.1. The van der Waals surface area contributed by atoms with Crippen molar-refractivity contribution in [2.75, 3.05) is 5.32 Å². The number of rotatable bonds is 6. The molecular weight excluding hydrogens is 505 g/mol. The third-order valence-corrected chi connectivity index (χ3v) is 7.27. The molecule has 0 saturated heterocycles. The number of carbonyl (C=O) groups is 1. The van der Waals surface area contributed by atoms with Gasteiger partial charge in [0.1, 0.15) is 17.6 Å². The normalized spacial score (nSPS) is 11.7. The van der Waals surface area contributed by atoms with Gasteiger partial charge in [0, 0.05) is 16.8 Å². The summed E-state index contributed by atoms with van der Waals surface area (Å²) in [5.74, 6) is -1.12. The lowest BCUT2D eigenvalue weighted by molar-refractivity contribution is 0.101. The van der Waals surface area contributed by atoms with E-state index in [2.05, 4.69) is 15.1 Å². The predicted molar refractivity (Wildman–Crippen MR) is 143 cm³/mol. The molecule has 0 fully saturated rings. The summed E-state index contributed by atoms with van der Waals surface area (Å²) >= 11 is 0. The van der Waals surface area contributed by atoms with Crippen molar-refractivity contribution in [2.24, 2.45) is 0 Å². The van der Waals surface area contributed by atoms with E-state index in [9.17, 15) is 17.6 Å². The molecule has 38 heavy (non-hydrogen) atoms. The van der Waals surface area contributed by atoms with E-state index in [4.69, 9.17) is 5.26 Å². The Balaban J connectivity index is 1.60. The van der Waals surface area contributed by atoms with Crippen LogP contribution in [0.1, 0.15) is 42.5 Å². The van der Waals surface area contributed by atoms with Crippen molar-refractivity contribution < 1.29 is 17.6 Å². The highest BCUT2D eigenvalue weighted by Gasteiger charge is 2.25. The first-order chi connectivity index (χ1) is 17.9. The standard InChI is InChI=1S/C28H26FN5O3S/c1-18-15-25(34(32-18)22-13-14-24(29)20(16-22)17-30)27(35)31-21-11-9-19(10-12-21)23-7-5-6-8-26(23)38(36,37)33-28(2,3)4/h5-16,33H,1-4H3,(H,31,35). The molecule has 0 radical (unpaired) electrons. The van der Waals surface area contributed by atoms with Crippen LogP contribution in [0.15, 0.2) is 77.7 Å². The highest BCUT2D eigenvalue weighted by atomic mass is 32.2. The number of carbonyl (C=O) groups excluding carboxylic acids is 1. The summed E-state index contributed by atoms with van der Waals surface area (Å²) in [6, 6.07) is 20.8. The maximum absolute atomic E-state index is 13.8. The Labute approximate surface area is 220 Å². The molecule has 3 aromatic carbocycles. The molecule has 194 valence electrons. The zero-order valence-electron chi connectivity index (χ0n) is 21.3.